The van der Waals surface area contributed by atoms with Gasteiger partial charge in [-0.1, -0.05) is 23.7 Å². The van der Waals surface area contributed by atoms with Crippen LogP contribution in [0.5, 0.6) is 0 Å². The highest BCUT2D eigenvalue weighted by atomic mass is 35.5. The lowest BCUT2D eigenvalue weighted by atomic mass is 9.74. The van der Waals surface area contributed by atoms with E-state index in [4.69, 9.17) is 26.8 Å². The van der Waals surface area contributed by atoms with E-state index in [1.807, 2.05) is 18.2 Å². The van der Waals surface area contributed by atoms with Gasteiger partial charge in [0.2, 0.25) is 5.91 Å². The van der Waals surface area contributed by atoms with Crippen molar-refractivity contribution in [1.29, 1.82) is 0 Å². The Hall–Kier alpha value is -0.850. The molecule has 1 saturated heterocycles. The van der Waals surface area contributed by atoms with Gasteiger partial charge in [0.1, 0.15) is 6.04 Å². The summed E-state index contributed by atoms with van der Waals surface area (Å²) in [4.78, 5) is 12.0. The fourth-order valence-electron chi connectivity index (χ4n) is 2.79. The quantitative estimate of drug-likeness (QED) is 0.810. The van der Waals surface area contributed by atoms with Gasteiger partial charge in [-0.15, -0.1) is 12.4 Å². The van der Waals surface area contributed by atoms with Gasteiger partial charge in [0.05, 0.1) is 6.61 Å². The molecule has 0 aliphatic carbocycles. The summed E-state index contributed by atoms with van der Waals surface area (Å²) in [5.74, 6) is -0.199. The third kappa shape index (κ3) is 5.33. The maximum atomic E-state index is 12.0. The van der Waals surface area contributed by atoms with Gasteiger partial charge in [0.25, 0.3) is 0 Å². The van der Waals surface area contributed by atoms with Gasteiger partial charge in [0.15, 0.2) is 0 Å². The maximum Gasteiger partial charge on any atom is 0.239 e. The molecule has 130 valence electrons. The molecule has 3 N–H and O–H groups in total. The number of carbonyl (C=O) groups is 1. The molecule has 1 amide bonds. The Morgan fingerprint density at radius 3 is 2.78 bits per heavy atom. The average molecular weight is 363 g/mol. The van der Waals surface area contributed by atoms with Crippen LogP contribution in [0, 0.1) is 0 Å². The van der Waals surface area contributed by atoms with Crippen molar-refractivity contribution in [2.75, 3.05) is 33.5 Å². The zero-order chi connectivity index (χ0) is 16.0. The number of nitrogens with one attached hydrogen (secondary N) is 1. The summed E-state index contributed by atoms with van der Waals surface area (Å²) in [6.07, 6.45) is 1.68. The van der Waals surface area contributed by atoms with Crippen LogP contribution in [0.1, 0.15) is 18.4 Å². The Morgan fingerprint density at radius 1 is 1.48 bits per heavy atom. The van der Waals surface area contributed by atoms with E-state index in [0.29, 0.717) is 24.8 Å². The molecule has 0 aromatic heterocycles. The van der Waals surface area contributed by atoms with Gasteiger partial charge in [0, 0.05) is 37.3 Å². The summed E-state index contributed by atoms with van der Waals surface area (Å²) >= 11 is 6.13. The van der Waals surface area contributed by atoms with Crippen LogP contribution in [-0.4, -0.2) is 45.4 Å². The highest BCUT2D eigenvalue weighted by Gasteiger charge is 2.35. The number of halogens is 2. The molecule has 0 saturated carbocycles. The van der Waals surface area contributed by atoms with Crippen LogP contribution < -0.4 is 11.1 Å². The standard InChI is InChI=1S/C16H23ClN2O3.ClH/c1-21-10-14(18)15(20)19-11-16(5-7-22-8-6-16)12-3-2-4-13(17)9-12;/h2-4,9,14H,5-8,10-11,18H2,1H3,(H,19,20);1H. The number of benzene rings is 1. The topological polar surface area (TPSA) is 73.6 Å². The molecule has 0 spiro atoms. The zero-order valence-corrected chi connectivity index (χ0v) is 14.8. The molecule has 1 unspecified atom stereocenters. The monoisotopic (exact) mass is 362 g/mol. The molecule has 0 radical (unpaired) electrons. The molecule has 1 aliphatic heterocycles. The predicted octanol–water partition coefficient (Wildman–Crippen LogP) is 1.90. The second-order valence-corrected chi connectivity index (χ2v) is 6.12. The average Bonchev–Trinajstić information content (AvgIpc) is 2.53. The summed E-state index contributed by atoms with van der Waals surface area (Å²) < 4.78 is 10.4. The number of nitrogens with two attached hydrogens (primary N) is 1. The molecule has 1 aromatic rings. The molecule has 1 aliphatic rings. The van der Waals surface area contributed by atoms with Gasteiger partial charge < -0.3 is 20.5 Å². The number of ether oxygens (including phenoxy) is 2. The Kier molecular flexibility index (Phi) is 8.29. The van der Waals surface area contributed by atoms with Crippen molar-refractivity contribution >= 4 is 29.9 Å². The van der Waals surface area contributed by atoms with Gasteiger partial charge in [-0.2, -0.15) is 0 Å². The first kappa shape index (κ1) is 20.2. The highest BCUT2D eigenvalue weighted by molar-refractivity contribution is 6.30. The van der Waals surface area contributed by atoms with Gasteiger partial charge in [-0.3, -0.25) is 4.79 Å². The summed E-state index contributed by atoms with van der Waals surface area (Å²) in [6.45, 7) is 2.07. The van der Waals surface area contributed by atoms with E-state index in [1.54, 1.807) is 0 Å². The highest BCUT2D eigenvalue weighted by Crippen LogP contribution is 2.35. The fourth-order valence-corrected chi connectivity index (χ4v) is 2.98. The normalized spacial score (nSPS) is 17.9. The van der Waals surface area contributed by atoms with Gasteiger partial charge in [-0.25, -0.2) is 0 Å². The molecular formula is C16H24Cl2N2O3. The molecular weight excluding hydrogens is 339 g/mol. The second kappa shape index (κ2) is 9.45. The van der Waals surface area contributed by atoms with Crippen LogP contribution >= 0.6 is 24.0 Å². The van der Waals surface area contributed by atoms with Crippen molar-refractivity contribution in [2.24, 2.45) is 5.73 Å². The number of rotatable bonds is 6. The Morgan fingerprint density at radius 2 is 2.17 bits per heavy atom. The second-order valence-electron chi connectivity index (χ2n) is 5.68. The van der Waals surface area contributed by atoms with Crippen LogP contribution in [-0.2, 0) is 19.7 Å². The number of hydrogen-bond acceptors (Lipinski definition) is 4. The molecule has 23 heavy (non-hydrogen) atoms. The molecule has 5 nitrogen and oxygen atoms in total. The van der Waals surface area contributed by atoms with Gasteiger partial charge >= 0.3 is 0 Å². The molecule has 1 fully saturated rings. The van der Waals surface area contributed by atoms with E-state index < -0.39 is 6.04 Å². The van der Waals surface area contributed by atoms with E-state index in [9.17, 15) is 4.79 Å². The third-order valence-electron chi connectivity index (χ3n) is 4.17. The molecule has 2 rings (SSSR count). The zero-order valence-electron chi connectivity index (χ0n) is 13.2. The summed E-state index contributed by atoms with van der Waals surface area (Å²) in [5.41, 5.74) is 6.73. The maximum absolute atomic E-state index is 12.0. The SMILES string of the molecule is COCC(N)C(=O)NCC1(c2cccc(Cl)c2)CCOCC1.Cl. The summed E-state index contributed by atoms with van der Waals surface area (Å²) in [5, 5.41) is 3.65. The number of methoxy groups -OCH3 is 1. The number of amides is 1. The summed E-state index contributed by atoms with van der Waals surface area (Å²) in [7, 11) is 1.53. The van der Waals surface area contributed by atoms with Gasteiger partial charge in [-0.05, 0) is 30.5 Å². The van der Waals surface area contributed by atoms with E-state index in [2.05, 4.69) is 11.4 Å². The van der Waals surface area contributed by atoms with Crippen LogP contribution in [0.15, 0.2) is 24.3 Å². The largest absolute Gasteiger partial charge is 0.383 e. The minimum atomic E-state index is -0.652. The Labute approximate surface area is 148 Å². The lowest BCUT2D eigenvalue weighted by Gasteiger charge is -2.38. The smallest absolute Gasteiger partial charge is 0.239 e. The van der Waals surface area contributed by atoms with Crippen LogP contribution in [0.4, 0.5) is 0 Å². The summed E-state index contributed by atoms with van der Waals surface area (Å²) in [6, 6.07) is 7.16. The Balaban J connectivity index is 0.00000264. The van der Waals surface area contributed by atoms with Crippen molar-refractivity contribution in [3.05, 3.63) is 34.9 Å². The Bertz CT molecular complexity index is 508. The van der Waals surface area contributed by atoms with Crippen molar-refractivity contribution in [3.8, 4) is 0 Å². The van der Waals surface area contributed by atoms with Crippen LogP contribution in [0.3, 0.4) is 0 Å². The first-order valence-electron chi connectivity index (χ1n) is 7.43. The molecule has 0 bridgehead atoms. The van der Waals surface area contributed by atoms with Crippen molar-refractivity contribution in [2.45, 2.75) is 24.3 Å². The lowest BCUT2D eigenvalue weighted by Crippen LogP contribution is -2.50. The first-order valence-corrected chi connectivity index (χ1v) is 7.81. The van der Waals surface area contributed by atoms with Crippen molar-refractivity contribution in [1.82, 2.24) is 5.32 Å². The van der Waals surface area contributed by atoms with Crippen LogP contribution in [0.2, 0.25) is 5.02 Å². The molecule has 7 heteroatoms. The van der Waals surface area contributed by atoms with E-state index in [0.717, 1.165) is 18.4 Å². The number of carbonyl (C=O) groups excluding carboxylic acids is 1. The fraction of sp³-hybridized carbons (Fsp3) is 0.562. The molecule has 1 atom stereocenters. The van der Waals surface area contributed by atoms with Crippen LogP contribution in [0.25, 0.3) is 0 Å². The minimum Gasteiger partial charge on any atom is -0.383 e. The van der Waals surface area contributed by atoms with E-state index in [-0.39, 0.29) is 30.3 Å². The lowest BCUT2D eigenvalue weighted by molar-refractivity contribution is -0.124. The first-order chi connectivity index (χ1) is 10.6. The van der Waals surface area contributed by atoms with Crippen molar-refractivity contribution in [3.63, 3.8) is 0 Å². The van der Waals surface area contributed by atoms with E-state index in [1.165, 1.54) is 7.11 Å². The predicted molar refractivity (Wildman–Crippen MR) is 93.3 cm³/mol. The molecule has 1 heterocycles. The molecule has 1 aromatic carbocycles. The van der Waals surface area contributed by atoms with Crippen molar-refractivity contribution < 1.29 is 14.3 Å². The third-order valence-corrected chi connectivity index (χ3v) is 4.41. The minimum absolute atomic E-state index is 0. The number of hydrogen-bond donors (Lipinski definition) is 2. The van der Waals surface area contributed by atoms with E-state index >= 15 is 0 Å².